The van der Waals surface area contributed by atoms with Crippen molar-refractivity contribution >= 4 is 23.5 Å². The van der Waals surface area contributed by atoms with E-state index in [1.165, 1.54) is 17.8 Å². The number of carbonyl (C=O) groups excluding carboxylic acids is 2. The van der Waals surface area contributed by atoms with Crippen LogP contribution in [0.3, 0.4) is 0 Å². The summed E-state index contributed by atoms with van der Waals surface area (Å²) >= 11 is 1.53. The lowest BCUT2D eigenvalue weighted by Crippen LogP contribution is -2.33. The summed E-state index contributed by atoms with van der Waals surface area (Å²) in [6, 6.07) is 12.4. The molecule has 0 unspecified atom stereocenters. The predicted octanol–water partition coefficient (Wildman–Crippen LogP) is 4.63. The molecule has 0 aliphatic carbocycles. The zero-order chi connectivity index (χ0) is 19.2. The largest absolute Gasteiger partial charge is 0.342 e. The number of Topliss-reactive ketones (excluding diaryl/α,β-unsaturated/α-hetero) is 1. The van der Waals surface area contributed by atoms with Gasteiger partial charge >= 0.3 is 0 Å². The Bertz CT molecular complexity index is 813. The molecule has 0 saturated carbocycles. The van der Waals surface area contributed by atoms with E-state index in [2.05, 4.69) is 0 Å². The van der Waals surface area contributed by atoms with Gasteiger partial charge in [0.25, 0.3) is 0 Å². The molecular weight excluding hydrogens is 368 g/mol. The first kappa shape index (κ1) is 19.5. The molecule has 1 aliphatic rings. The van der Waals surface area contributed by atoms with Crippen molar-refractivity contribution in [2.45, 2.75) is 24.5 Å². The molecule has 2 aromatic rings. The Morgan fingerprint density at radius 3 is 2.59 bits per heavy atom. The summed E-state index contributed by atoms with van der Waals surface area (Å²) in [5, 5.41) is -0.176. The number of benzene rings is 2. The van der Waals surface area contributed by atoms with E-state index in [1.54, 1.807) is 29.2 Å². The van der Waals surface area contributed by atoms with Crippen LogP contribution in [0.4, 0.5) is 8.78 Å². The molecular formula is C21H21F2NO2S. The highest BCUT2D eigenvalue weighted by molar-refractivity contribution is 7.99. The van der Waals surface area contributed by atoms with Crippen LogP contribution in [0.2, 0.25) is 0 Å². The maximum atomic E-state index is 14.0. The molecule has 2 aromatic carbocycles. The molecule has 1 atom stereocenters. The van der Waals surface area contributed by atoms with E-state index < -0.39 is 11.6 Å². The fourth-order valence-electron chi connectivity index (χ4n) is 3.18. The molecule has 3 rings (SSSR count). The first-order valence-corrected chi connectivity index (χ1v) is 10.0. The van der Waals surface area contributed by atoms with Gasteiger partial charge in [-0.25, -0.2) is 8.78 Å². The first-order chi connectivity index (χ1) is 13.0. The van der Waals surface area contributed by atoms with Gasteiger partial charge in [0.2, 0.25) is 5.91 Å². The number of nitrogens with zero attached hydrogens (tertiary/aromatic N) is 1. The zero-order valence-electron chi connectivity index (χ0n) is 14.9. The Hall–Kier alpha value is -2.21. The van der Waals surface area contributed by atoms with Gasteiger partial charge in [0.1, 0.15) is 11.6 Å². The maximum absolute atomic E-state index is 14.0. The number of halogens is 2. The minimum absolute atomic E-state index is 0.0483. The van der Waals surface area contributed by atoms with E-state index in [0.29, 0.717) is 36.4 Å². The Morgan fingerprint density at radius 1 is 1.04 bits per heavy atom. The van der Waals surface area contributed by atoms with Gasteiger partial charge in [0.15, 0.2) is 5.78 Å². The Morgan fingerprint density at radius 2 is 1.81 bits per heavy atom. The van der Waals surface area contributed by atoms with Gasteiger partial charge in [-0.2, -0.15) is 11.8 Å². The minimum atomic E-state index is -0.455. The van der Waals surface area contributed by atoms with Crippen LogP contribution in [0.25, 0.3) is 0 Å². The number of hydrogen-bond donors (Lipinski definition) is 0. The number of amides is 1. The number of thioether (sulfide) groups is 1. The van der Waals surface area contributed by atoms with Crippen LogP contribution in [-0.2, 0) is 4.79 Å². The molecule has 0 spiro atoms. The lowest BCUT2D eigenvalue weighted by Gasteiger charge is -2.20. The number of carbonyl (C=O) groups is 2. The zero-order valence-corrected chi connectivity index (χ0v) is 15.7. The van der Waals surface area contributed by atoms with E-state index in [9.17, 15) is 18.4 Å². The van der Waals surface area contributed by atoms with Crippen molar-refractivity contribution in [1.82, 2.24) is 4.90 Å². The summed E-state index contributed by atoms with van der Waals surface area (Å²) in [6.07, 6.45) is 0.898. The van der Waals surface area contributed by atoms with Crippen molar-refractivity contribution in [3.8, 4) is 0 Å². The standard InChI is InChI=1S/C21H21F2NO2S/c22-16-6-7-18(23)17(14-16)20-10-11-24(12-13-27-20)21(26)9-8-19(25)15-4-2-1-3-5-15/h1-7,14,20H,8-13H2/t20-/m1/s1. The Labute approximate surface area is 161 Å². The van der Waals surface area contributed by atoms with Gasteiger partial charge in [-0.1, -0.05) is 30.3 Å². The van der Waals surface area contributed by atoms with Crippen molar-refractivity contribution in [1.29, 1.82) is 0 Å². The van der Waals surface area contributed by atoms with Crippen LogP contribution in [0.1, 0.15) is 40.4 Å². The molecule has 27 heavy (non-hydrogen) atoms. The second kappa shape index (κ2) is 9.13. The average Bonchev–Trinajstić information content (AvgIpc) is 2.94. The second-order valence-electron chi connectivity index (χ2n) is 6.48. The third kappa shape index (κ3) is 5.16. The molecule has 0 bridgehead atoms. The van der Waals surface area contributed by atoms with Crippen molar-refractivity contribution in [2.75, 3.05) is 18.8 Å². The van der Waals surface area contributed by atoms with E-state index >= 15 is 0 Å². The lowest BCUT2D eigenvalue weighted by atomic mass is 10.1. The molecule has 1 fully saturated rings. The van der Waals surface area contributed by atoms with Crippen molar-refractivity contribution in [3.63, 3.8) is 0 Å². The fraction of sp³-hybridized carbons (Fsp3) is 0.333. The Kier molecular flexibility index (Phi) is 6.61. The topological polar surface area (TPSA) is 37.4 Å². The maximum Gasteiger partial charge on any atom is 0.223 e. The van der Waals surface area contributed by atoms with Gasteiger partial charge < -0.3 is 4.90 Å². The Balaban J connectivity index is 1.55. The smallest absolute Gasteiger partial charge is 0.223 e. The van der Waals surface area contributed by atoms with Crippen LogP contribution < -0.4 is 0 Å². The second-order valence-corrected chi connectivity index (χ2v) is 7.79. The third-order valence-corrected chi connectivity index (χ3v) is 5.97. The van der Waals surface area contributed by atoms with E-state index in [0.717, 1.165) is 12.1 Å². The summed E-state index contributed by atoms with van der Waals surface area (Å²) in [5.74, 6) is -0.335. The van der Waals surface area contributed by atoms with Crippen LogP contribution in [-0.4, -0.2) is 35.4 Å². The highest BCUT2D eigenvalue weighted by Gasteiger charge is 2.24. The normalized spacial score (nSPS) is 17.4. The third-order valence-electron chi connectivity index (χ3n) is 4.66. The van der Waals surface area contributed by atoms with E-state index in [-0.39, 0.29) is 29.8 Å². The van der Waals surface area contributed by atoms with Crippen LogP contribution in [0.5, 0.6) is 0 Å². The first-order valence-electron chi connectivity index (χ1n) is 8.97. The van der Waals surface area contributed by atoms with Gasteiger partial charge in [0, 0.05) is 48.1 Å². The lowest BCUT2D eigenvalue weighted by molar-refractivity contribution is -0.130. The molecule has 142 valence electrons. The highest BCUT2D eigenvalue weighted by Crippen LogP contribution is 2.36. The summed E-state index contributed by atoms with van der Waals surface area (Å²) < 4.78 is 27.5. The fourth-order valence-corrected chi connectivity index (χ4v) is 4.42. The molecule has 1 saturated heterocycles. The van der Waals surface area contributed by atoms with Gasteiger partial charge in [0.05, 0.1) is 0 Å². The summed E-state index contributed by atoms with van der Waals surface area (Å²) in [5.41, 5.74) is 0.965. The summed E-state index contributed by atoms with van der Waals surface area (Å²) in [4.78, 5) is 26.4. The van der Waals surface area contributed by atoms with Gasteiger partial charge in [-0.3, -0.25) is 9.59 Å². The number of rotatable bonds is 5. The van der Waals surface area contributed by atoms with Crippen LogP contribution in [0.15, 0.2) is 48.5 Å². The predicted molar refractivity (Wildman–Crippen MR) is 103 cm³/mol. The SMILES string of the molecule is O=C(CCC(=O)N1CCS[C@@H](c2cc(F)ccc2F)CC1)c1ccccc1. The van der Waals surface area contributed by atoms with E-state index in [1.807, 2.05) is 6.07 Å². The molecule has 1 aliphatic heterocycles. The molecule has 6 heteroatoms. The molecule has 0 aromatic heterocycles. The number of hydrogen-bond acceptors (Lipinski definition) is 3. The summed E-state index contributed by atoms with van der Waals surface area (Å²) in [6.45, 7) is 1.03. The molecule has 1 amide bonds. The minimum Gasteiger partial charge on any atom is -0.342 e. The van der Waals surface area contributed by atoms with Crippen LogP contribution in [0, 0.1) is 11.6 Å². The van der Waals surface area contributed by atoms with E-state index in [4.69, 9.17) is 0 Å². The average molecular weight is 389 g/mol. The highest BCUT2D eigenvalue weighted by atomic mass is 32.2. The van der Waals surface area contributed by atoms with Gasteiger partial charge in [-0.15, -0.1) is 0 Å². The molecule has 1 heterocycles. The quantitative estimate of drug-likeness (QED) is 0.700. The summed E-state index contributed by atoms with van der Waals surface area (Å²) in [7, 11) is 0. The van der Waals surface area contributed by atoms with Crippen molar-refractivity contribution < 1.29 is 18.4 Å². The van der Waals surface area contributed by atoms with Crippen molar-refractivity contribution in [2.24, 2.45) is 0 Å². The molecule has 0 radical (unpaired) electrons. The molecule has 0 N–H and O–H groups in total. The van der Waals surface area contributed by atoms with Crippen molar-refractivity contribution in [3.05, 3.63) is 71.3 Å². The number of ketones is 1. The monoisotopic (exact) mass is 389 g/mol. The molecule has 3 nitrogen and oxygen atoms in total. The van der Waals surface area contributed by atoms with Crippen LogP contribution >= 0.6 is 11.8 Å². The van der Waals surface area contributed by atoms with Gasteiger partial charge in [-0.05, 0) is 24.6 Å².